The van der Waals surface area contributed by atoms with E-state index in [1.165, 1.54) is 0 Å². The largest absolute Gasteiger partial charge is 0.324 e. The lowest BCUT2D eigenvalue weighted by Crippen LogP contribution is -2.03. The highest BCUT2D eigenvalue weighted by Gasteiger charge is 2.09. The Bertz CT molecular complexity index is 1150. The number of hydrogen-bond donors (Lipinski definition) is 2. The molecule has 0 bridgehead atoms. The van der Waals surface area contributed by atoms with Gasteiger partial charge in [-0.2, -0.15) is 10.2 Å². The van der Waals surface area contributed by atoms with Gasteiger partial charge in [-0.1, -0.05) is 35.9 Å². The number of halogens is 1. The van der Waals surface area contributed by atoms with E-state index in [0.29, 0.717) is 29.2 Å². The Hall–Kier alpha value is -3.76. The van der Waals surface area contributed by atoms with Gasteiger partial charge in [-0.05, 0) is 42.0 Å². The fourth-order valence-electron chi connectivity index (χ4n) is 2.66. The topological polar surface area (TPSA) is 99.4 Å². The molecule has 2 aromatic carbocycles. The van der Waals surface area contributed by atoms with Crippen LogP contribution in [0.4, 0.5) is 23.3 Å². The third kappa shape index (κ3) is 3.98. The Morgan fingerprint density at radius 2 is 1.71 bits per heavy atom. The van der Waals surface area contributed by atoms with Crippen LogP contribution in [0.15, 0.2) is 60.7 Å². The maximum absolute atomic E-state index is 8.78. The van der Waals surface area contributed by atoms with Crippen molar-refractivity contribution >= 4 is 45.8 Å². The predicted molar refractivity (Wildman–Crippen MR) is 109 cm³/mol. The molecule has 0 aliphatic rings. The minimum Gasteiger partial charge on any atom is -0.324 e. The van der Waals surface area contributed by atoms with E-state index in [9.17, 15) is 0 Å². The molecule has 0 saturated carbocycles. The SMILES string of the molecule is N#CCc1ccc(Nc2nc(Nc3ccc(Cl)nn3)c3ccccc3n2)cc1. The molecule has 7 nitrogen and oxygen atoms in total. The van der Waals surface area contributed by atoms with E-state index in [4.69, 9.17) is 16.9 Å². The summed E-state index contributed by atoms with van der Waals surface area (Å²) >= 11 is 5.80. The molecule has 0 aliphatic heterocycles. The molecular weight excluding hydrogens is 374 g/mol. The Kier molecular flexibility index (Phi) is 4.95. The van der Waals surface area contributed by atoms with Gasteiger partial charge in [0.2, 0.25) is 5.95 Å². The number of fused-ring (bicyclic) bond motifs is 1. The van der Waals surface area contributed by atoms with Crippen LogP contribution in [0.3, 0.4) is 0 Å². The lowest BCUT2D eigenvalue weighted by Gasteiger charge is -2.11. The Morgan fingerprint density at radius 1 is 0.893 bits per heavy atom. The van der Waals surface area contributed by atoms with Crippen molar-refractivity contribution in [3.8, 4) is 6.07 Å². The first-order valence-electron chi connectivity index (χ1n) is 8.47. The smallest absolute Gasteiger partial charge is 0.229 e. The van der Waals surface area contributed by atoms with E-state index < -0.39 is 0 Å². The van der Waals surface area contributed by atoms with Gasteiger partial charge in [0.05, 0.1) is 18.0 Å². The van der Waals surface area contributed by atoms with Crippen molar-refractivity contribution in [3.05, 3.63) is 71.4 Å². The van der Waals surface area contributed by atoms with Crippen molar-refractivity contribution in [2.75, 3.05) is 10.6 Å². The van der Waals surface area contributed by atoms with Gasteiger partial charge in [-0.25, -0.2) is 4.98 Å². The molecule has 0 aliphatic carbocycles. The van der Waals surface area contributed by atoms with Crippen LogP contribution in [-0.4, -0.2) is 20.2 Å². The predicted octanol–water partition coefficient (Wildman–Crippen LogP) is 4.63. The number of anilines is 4. The number of nitrogens with zero attached hydrogens (tertiary/aromatic N) is 5. The van der Waals surface area contributed by atoms with Crippen LogP contribution in [0.2, 0.25) is 5.15 Å². The van der Waals surface area contributed by atoms with E-state index >= 15 is 0 Å². The number of nitriles is 1. The van der Waals surface area contributed by atoms with E-state index in [1.807, 2.05) is 48.5 Å². The number of aromatic nitrogens is 4. The molecule has 2 N–H and O–H groups in total. The Labute approximate surface area is 166 Å². The molecule has 8 heteroatoms. The monoisotopic (exact) mass is 387 g/mol. The zero-order valence-corrected chi connectivity index (χ0v) is 15.4. The highest BCUT2D eigenvalue weighted by Crippen LogP contribution is 2.26. The van der Waals surface area contributed by atoms with Crippen LogP contribution in [0, 0.1) is 11.3 Å². The lowest BCUT2D eigenvalue weighted by atomic mass is 10.1. The molecule has 136 valence electrons. The molecule has 2 aromatic heterocycles. The molecule has 0 spiro atoms. The molecule has 0 unspecified atom stereocenters. The molecule has 0 atom stereocenters. The average molecular weight is 388 g/mol. The van der Waals surface area contributed by atoms with E-state index in [0.717, 1.165) is 22.2 Å². The standard InChI is InChI=1S/C20H14ClN7/c21-17-9-10-18(28-27-17)25-19-15-3-1-2-4-16(15)24-20(26-19)23-14-7-5-13(6-8-14)11-12-22/h1-10H,11H2,(H2,23,24,25,26,28). The summed E-state index contributed by atoms with van der Waals surface area (Å²) in [6.07, 6.45) is 0.378. The highest BCUT2D eigenvalue weighted by molar-refractivity contribution is 6.29. The summed E-state index contributed by atoms with van der Waals surface area (Å²) in [5.41, 5.74) is 2.57. The second-order valence-electron chi connectivity index (χ2n) is 5.94. The molecule has 0 saturated heterocycles. The van der Waals surface area contributed by atoms with Crippen molar-refractivity contribution < 1.29 is 0 Å². The maximum Gasteiger partial charge on any atom is 0.229 e. The van der Waals surface area contributed by atoms with Crippen molar-refractivity contribution in [2.24, 2.45) is 0 Å². The Balaban J connectivity index is 1.67. The molecular formula is C20H14ClN7. The summed E-state index contributed by atoms with van der Waals surface area (Å²) in [4.78, 5) is 9.16. The summed E-state index contributed by atoms with van der Waals surface area (Å²) in [5.74, 6) is 1.57. The zero-order chi connectivity index (χ0) is 19.3. The van der Waals surface area contributed by atoms with Gasteiger partial charge in [0.1, 0.15) is 5.82 Å². The van der Waals surface area contributed by atoms with Gasteiger partial charge in [0.15, 0.2) is 11.0 Å². The van der Waals surface area contributed by atoms with Gasteiger partial charge in [0.25, 0.3) is 0 Å². The van der Waals surface area contributed by atoms with Crippen LogP contribution in [0.5, 0.6) is 0 Å². The number of benzene rings is 2. The van der Waals surface area contributed by atoms with Crippen LogP contribution in [0.1, 0.15) is 5.56 Å². The van der Waals surface area contributed by atoms with Crippen molar-refractivity contribution in [1.82, 2.24) is 20.2 Å². The minimum atomic E-state index is 0.320. The molecule has 28 heavy (non-hydrogen) atoms. The van der Waals surface area contributed by atoms with Crippen LogP contribution >= 0.6 is 11.6 Å². The lowest BCUT2D eigenvalue weighted by molar-refractivity contribution is 1.03. The van der Waals surface area contributed by atoms with Gasteiger partial charge in [-0.3, -0.25) is 0 Å². The molecule has 0 amide bonds. The summed E-state index contributed by atoms with van der Waals surface area (Å²) in [6, 6.07) is 20.8. The van der Waals surface area contributed by atoms with E-state index in [2.05, 4.69) is 36.9 Å². The van der Waals surface area contributed by atoms with Crippen LogP contribution in [-0.2, 0) is 6.42 Å². The van der Waals surface area contributed by atoms with Gasteiger partial charge >= 0.3 is 0 Å². The summed E-state index contributed by atoms with van der Waals surface area (Å²) < 4.78 is 0. The van der Waals surface area contributed by atoms with Gasteiger partial charge < -0.3 is 10.6 Å². The normalized spacial score (nSPS) is 10.4. The number of para-hydroxylation sites is 1. The molecule has 0 fully saturated rings. The second kappa shape index (κ2) is 7.86. The average Bonchev–Trinajstić information content (AvgIpc) is 2.71. The third-order valence-corrected chi connectivity index (χ3v) is 4.18. The van der Waals surface area contributed by atoms with Crippen molar-refractivity contribution in [3.63, 3.8) is 0 Å². The van der Waals surface area contributed by atoms with E-state index in [-0.39, 0.29) is 0 Å². The minimum absolute atomic E-state index is 0.320. The van der Waals surface area contributed by atoms with Crippen molar-refractivity contribution in [2.45, 2.75) is 6.42 Å². The van der Waals surface area contributed by atoms with Crippen molar-refractivity contribution in [1.29, 1.82) is 5.26 Å². The highest BCUT2D eigenvalue weighted by atomic mass is 35.5. The quantitative estimate of drug-likeness (QED) is 0.515. The first-order chi connectivity index (χ1) is 13.7. The summed E-state index contributed by atoms with van der Waals surface area (Å²) in [5, 5.41) is 24.2. The number of nitrogens with one attached hydrogen (secondary N) is 2. The van der Waals surface area contributed by atoms with Crippen LogP contribution < -0.4 is 10.6 Å². The molecule has 4 rings (SSSR count). The zero-order valence-electron chi connectivity index (χ0n) is 14.6. The maximum atomic E-state index is 8.78. The molecule has 2 heterocycles. The third-order valence-electron chi connectivity index (χ3n) is 3.97. The second-order valence-corrected chi connectivity index (χ2v) is 6.32. The summed E-state index contributed by atoms with van der Waals surface area (Å²) in [6.45, 7) is 0. The number of rotatable bonds is 5. The first-order valence-corrected chi connectivity index (χ1v) is 8.85. The van der Waals surface area contributed by atoms with E-state index in [1.54, 1.807) is 12.1 Å². The first kappa shape index (κ1) is 17.6. The van der Waals surface area contributed by atoms with Gasteiger partial charge in [-0.15, -0.1) is 10.2 Å². The summed E-state index contributed by atoms with van der Waals surface area (Å²) in [7, 11) is 0. The Morgan fingerprint density at radius 3 is 2.46 bits per heavy atom. The number of hydrogen-bond acceptors (Lipinski definition) is 7. The molecule has 4 aromatic rings. The fraction of sp³-hybridized carbons (Fsp3) is 0.0500. The van der Waals surface area contributed by atoms with Gasteiger partial charge in [0, 0.05) is 11.1 Å². The molecule has 0 radical (unpaired) electrons. The van der Waals surface area contributed by atoms with Crippen LogP contribution in [0.25, 0.3) is 10.9 Å². The fourth-order valence-corrected chi connectivity index (χ4v) is 2.76.